The Labute approximate surface area is 101 Å². The number of hydrogen-bond acceptors (Lipinski definition) is 2. The van der Waals surface area contributed by atoms with Crippen LogP contribution in [-0.4, -0.2) is 23.3 Å². The second-order valence-corrected chi connectivity index (χ2v) is 5.02. The van der Waals surface area contributed by atoms with Gasteiger partial charge in [-0.3, -0.25) is 0 Å². The number of aromatic hydroxyl groups is 1. The van der Waals surface area contributed by atoms with E-state index in [9.17, 15) is 5.11 Å². The van der Waals surface area contributed by atoms with Gasteiger partial charge in [-0.25, -0.2) is 0 Å². The van der Waals surface area contributed by atoms with Crippen LogP contribution in [0.1, 0.15) is 11.3 Å². The third-order valence-electron chi connectivity index (χ3n) is 3.89. The van der Waals surface area contributed by atoms with Crippen molar-refractivity contribution in [3.8, 4) is 5.75 Å². The van der Waals surface area contributed by atoms with Crippen LogP contribution in [0, 0.1) is 5.92 Å². The van der Waals surface area contributed by atoms with E-state index in [1.165, 1.54) is 22.2 Å². The van der Waals surface area contributed by atoms with Gasteiger partial charge in [-0.1, -0.05) is 0 Å². The molecule has 3 rings (SSSR count). The Balaban J connectivity index is 2.12. The third kappa shape index (κ3) is 1.53. The number of fused-ring (bicyclic) bond motifs is 3. The van der Waals surface area contributed by atoms with Gasteiger partial charge >= 0.3 is 0 Å². The Morgan fingerprint density at radius 2 is 2.24 bits per heavy atom. The SMILES string of the molecule is CNCC1Cc2c(n(C)c3ccc(O)cc23)C1. The lowest BCUT2D eigenvalue weighted by Crippen LogP contribution is -2.19. The molecule has 1 heterocycles. The monoisotopic (exact) mass is 230 g/mol. The van der Waals surface area contributed by atoms with Crippen LogP contribution in [0.3, 0.4) is 0 Å². The van der Waals surface area contributed by atoms with Crippen LogP contribution in [0.2, 0.25) is 0 Å². The Bertz CT molecular complexity index is 571. The number of rotatable bonds is 2. The summed E-state index contributed by atoms with van der Waals surface area (Å²) in [4.78, 5) is 0. The summed E-state index contributed by atoms with van der Waals surface area (Å²) in [5.74, 6) is 1.06. The van der Waals surface area contributed by atoms with E-state index in [1.54, 1.807) is 6.07 Å². The Hall–Kier alpha value is -1.48. The normalized spacial score (nSPS) is 18.8. The van der Waals surface area contributed by atoms with Gasteiger partial charge in [0.05, 0.1) is 0 Å². The molecule has 0 saturated carbocycles. The number of nitrogens with one attached hydrogen (secondary N) is 1. The molecule has 1 aliphatic carbocycles. The maximum atomic E-state index is 9.62. The van der Waals surface area contributed by atoms with E-state index in [2.05, 4.69) is 16.9 Å². The largest absolute Gasteiger partial charge is 0.508 e. The van der Waals surface area contributed by atoms with Crippen molar-refractivity contribution >= 4 is 10.9 Å². The highest BCUT2D eigenvalue weighted by Crippen LogP contribution is 2.36. The maximum absolute atomic E-state index is 9.62. The van der Waals surface area contributed by atoms with Crippen LogP contribution >= 0.6 is 0 Å². The first-order valence-electron chi connectivity index (χ1n) is 6.14. The van der Waals surface area contributed by atoms with Gasteiger partial charge in [0.2, 0.25) is 0 Å². The summed E-state index contributed by atoms with van der Waals surface area (Å²) >= 11 is 0. The molecule has 0 radical (unpaired) electrons. The quantitative estimate of drug-likeness (QED) is 0.825. The third-order valence-corrected chi connectivity index (χ3v) is 3.89. The zero-order valence-electron chi connectivity index (χ0n) is 10.3. The van der Waals surface area contributed by atoms with E-state index >= 15 is 0 Å². The van der Waals surface area contributed by atoms with E-state index in [-0.39, 0.29) is 0 Å². The minimum Gasteiger partial charge on any atom is -0.508 e. The first-order chi connectivity index (χ1) is 8.20. The molecule has 90 valence electrons. The molecule has 1 atom stereocenters. The van der Waals surface area contributed by atoms with Crippen molar-refractivity contribution < 1.29 is 5.11 Å². The summed E-state index contributed by atoms with van der Waals surface area (Å²) in [6, 6.07) is 5.68. The first-order valence-corrected chi connectivity index (χ1v) is 6.14. The van der Waals surface area contributed by atoms with Crippen LogP contribution in [0.15, 0.2) is 18.2 Å². The number of benzene rings is 1. The summed E-state index contributed by atoms with van der Waals surface area (Å²) in [5.41, 5.74) is 4.10. The number of aromatic nitrogens is 1. The number of phenolic OH excluding ortho intramolecular Hbond substituents is 1. The smallest absolute Gasteiger partial charge is 0.116 e. The second kappa shape index (κ2) is 3.77. The topological polar surface area (TPSA) is 37.2 Å². The predicted molar refractivity (Wildman–Crippen MR) is 69.4 cm³/mol. The van der Waals surface area contributed by atoms with Gasteiger partial charge in [-0.05, 0) is 56.1 Å². The van der Waals surface area contributed by atoms with Gasteiger partial charge in [-0.15, -0.1) is 0 Å². The molecule has 1 aromatic heterocycles. The van der Waals surface area contributed by atoms with Crippen molar-refractivity contribution in [1.29, 1.82) is 0 Å². The van der Waals surface area contributed by atoms with Crippen molar-refractivity contribution in [2.24, 2.45) is 13.0 Å². The fourth-order valence-electron chi connectivity index (χ4n) is 3.12. The first kappa shape index (κ1) is 10.7. The Morgan fingerprint density at radius 3 is 3.00 bits per heavy atom. The van der Waals surface area contributed by atoms with Gasteiger partial charge in [0, 0.05) is 23.6 Å². The Kier molecular flexibility index (Phi) is 2.37. The molecular weight excluding hydrogens is 212 g/mol. The molecule has 0 aliphatic heterocycles. The molecule has 1 aromatic carbocycles. The van der Waals surface area contributed by atoms with E-state index in [0.717, 1.165) is 19.4 Å². The van der Waals surface area contributed by atoms with Crippen LogP contribution < -0.4 is 5.32 Å². The van der Waals surface area contributed by atoms with E-state index in [0.29, 0.717) is 11.7 Å². The molecular formula is C14H18N2O. The van der Waals surface area contributed by atoms with Gasteiger partial charge < -0.3 is 15.0 Å². The number of aryl methyl sites for hydroxylation is 1. The molecule has 17 heavy (non-hydrogen) atoms. The summed E-state index contributed by atoms with van der Waals surface area (Å²) in [6.07, 6.45) is 2.26. The molecule has 0 fully saturated rings. The van der Waals surface area contributed by atoms with Gasteiger partial charge in [0.25, 0.3) is 0 Å². The van der Waals surface area contributed by atoms with E-state index in [1.807, 2.05) is 19.2 Å². The van der Waals surface area contributed by atoms with Crippen molar-refractivity contribution in [2.45, 2.75) is 12.8 Å². The molecule has 2 N–H and O–H groups in total. The highest BCUT2D eigenvalue weighted by molar-refractivity contribution is 5.87. The molecule has 0 bridgehead atoms. The Morgan fingerprint density at radius 1 is 1.41 bits per heavy atom. The molecule has 1 aliphatic rings. The lowest BCUT2D eigenvalue weighted by Gasteiger charge is -2.09. The zero-order chi connectivity index (χ0) is 12.0. The van der Waals surface area contributed by atoms with Gasteiger partial charge in [0.15, 0.2) is 0 Å². The highest BCUT2D eigenvalue weighted by Gasteiger charge is 2.26. The standard InChI is InChI=1S/C14H18N2O/c1-15-8-9-5-11-12-7-10(17)3-4-13(12)16(2)14(11)6-9/h3-4,7,9,15,17H,5-6,8H2,1-2H3. The molecule has 3 nitrogen and oxygen atoms in total. The summed E-state index contributed by atoms with van der Waals surface area (Å²) in [6.45, 7) is 1.06. The highest BCUT2D eigenvalue weighted by atomic mass is 16.3. The fraction of sp³-hybridized carbons (Fsp3) is 0.429. The van der Waals surface area contributed by atoms with Crippen LogP contribution in [0.25, 0.3) is 10.9 Å². The lowest BCUT2D eigenvalue weighted by atomic mass is 10.0. The molecule has 0 spiro atoms. The van der Waals surface area contributed by atoms with Crippen molar-refractivity contribution in [3.63, 3.8) is 0 Å². The van der Waals surface area contributed by atoms with E-state index < -0.39 is 0 Å². The van der Waals surface area contributed by atoms with Crippen LogP contribution in [0.5, 0.6) is 5.75 Å². The minimum atomic E-state index is 0.364. The molecule has 1 unspecified atom stereocenters. The van der Waals surface area contributed by atoms with Crippen molar-refractivity contribution in [3.05, 3.63) is 29.5 Å². The minimum absolute atomic E-state index is 0.364. The van der Waals surface area contributed by atoms with Crippen molar-refractivity contribution in [2.75, 3.05) is 13.6 Å². The summed E-state index contributed by atoms with van der Waals surface area (Å²) in [7, 11) is 4.13. The number of phenols is 1. The lowest BCUT2D eigenvalue weighted by molar-refractivity contribution is 0.476. The molecule has 3 heteroatoms. The maximum Gasteiger partial charge on any atom is 0.116 e. The van der Waals surface area contributed by atoms with E-state index in [4.69, 9.17) is 0 Å². The summed E-state index contributed by atoms with van der Waals surface area (Å²) in [5, 5.41) is 14.1. The number of nitrogens with zero attached hydrogens (tertiary/aromatic N) is 1. The fourth-order valence-corrected chi connectivity index (χ4v) is 3.12. The second-order valence-electron chi connectivity index (χ2n) is 5.02. The van der Waals surface area contributed by atoms with Gasteiger partial charge in [-0.2, -0.15) is 0 Å². The average Bonchev–Trinajstić information content (AvgIpc) is 2.81. The number of hydrogen-bond donors (Lipinski definition) is 2. The molecule has 0 saturated heterocycles. The van der Waals surface area contributed by atoms with Crippen LogP contribution in [0.4, 0.5) is 0 Å². The van der Waals surface area contributed by atoms with Crippen LogP contribution in [-0.2, 0) is 19.9 Å². The van der Waals surface area contributed by atoms with Crippen molar-refractivity contribution in [1.82, 2.24) is 9.88 Å². The predicted octanol–water partition coefficient (Wildman–Crippen LogP) is 1.82. The van der Waals surface area contributed by atoms with Gasteiger partial charge in [0.1, 0.15) is 5.75 Å². The molecule has 2 aromatic rings. The molecule has 0 amide bonds. The average molecular weight is 230 g/mol. The zero-order valence-corrected chi connectivity index (χ0v) is 10.3. The summed E-state index contributed by atoms with van der Waals surface area (Å²) < 4.78 is 2.28.